The molecule has 5 nitrogen and oxygen atoms in total. The van der Waals surface area contributed by atoms with Gasteiger partial charge in [-0.1, -0.05) is 0 Å². The van der Waals surface area contributed by atoms with Gasteiger partial charge in [0.1, 0.15) is 0 Å². The van der Waals surface area contributed by atoms with Gasteiger partial charge in [0.25, 0.3) is 5.91 Å². The predicted octanol–water partition coefficient (Wildman–Crippen LogP) is 3.72. The summed E-state index contributed by atoms with van der Waals surface area (Å²) in [5.41, 5.74) is -0.151. The molecule has 1 aromatic heterocycles. The molecule has 1 amide bonds. The minimum Gasteiger partial charge on any atom is -0.376 e. The minimum absolute atomic E-state index is 0.118. The molecule has 134 valence electrons. The largest absolute Gasteiger partial charge is 0.416 e. The smallest absolute Gasteiger partial charge is 0.376 e. The Morgan fingerprint density at radius 1 is 1.28 bits per heavy atom. The van der Waals surface area contributed by atoms with E-state index in [1.165, 1.54) is 6.20 Å². The fourth-order valence-electron chi connectivity index (χ4n) is 2.70. The van der Waals surface area contributed by atoms with Crippen LogP contribution >= 0.6 is 0 Å². The number of alkyl halides is 3. The van der Waals surface area contributed by atoms with Crippen molar-refractivity contribution in [1.29, 1.82) is 0 Å². The van der Waals surface area contributed by atoms with Gasteiger partial charge in [-0.15, -0.1) is 0 Å². The molecule has 0 radical (unpaired) electrons. The Morgan fingerprint density at radius 3 is 2.68 bits per heavy atom. The van der Waals surface area contributed by atoms with E-state index in [0.29, 0.717) is 12.2 Å². The highest BCUT2D eigenvalue weighted by Gasteiger charge is 2.30. The number of ether oxygens (including phenoxy) is 1. The van der Waals surface area contributed by atoms with Crippen molar-refractivity contribution in [3.63, 3.8) is 0 Å². The van der Waals surface area contributed by atoms with Crippen LogP contribution in [0.4, 0.5) is 18.9 Å². The molecule has 1 saturated heterocycles. The normalized spacial score (nSPS) is 18.1. The fourth-order valence-corrected chi connectivity index (χ4v) is 2.70. The van der Waals surface area contributed by atoms with Crippen molar-refractivity contribution in [2.45, 2.75) is 38.1 Å². The van der Waals surface area contributed by atoms with E-state index in [9.17, 15) is 18.0 Å². The van der Waals surface area contributed by atoms with Gasteiger partial charge in [0, 0.05) is 18.4 Å². The minimum atomic E-state index is -4.42. The highest BCUT2D eigenvalue weighted by molar-refractivity contribution is 6.04. The quantitative estimate of drug-likeness (QED) is 0.911. The topological polar surface area (TPSA) is 56.2 Å². The number of nitrogens with one attached hydrogen (secondary N) is 1. The highest BCUT2D eigenvalue weighted by atomic mass is 19.4. The van der Waals surface area contributed by atoms with Crippen molar-refractivity contribution >= 4 is 11.6 Å². The Balaban J connectivity index is 1.59. The molecule has 0 spiro atoms. The Labute approximate surface area is 142 Å². The zero-order valence-electron chi connectivity index (χ0n) is 13.4. The van der Waals surface area contributed by atoms with E-state index in [-0.39, 0.29) is 11.7 Å². The second-order valence-corrected chi connectivity index (χ2v) is 5.97. The SMILES string of the molecule is O=C(Nc1cnn(C[C@H]2CCCCO2)c1)c1ccc(C(F)(F)F)cc1. The molecule has 1 aromatic carbocycles. The molecule has 0 saturated carbocycles. The first kappa shape index (κ1) is 17.5. The lowest BCUT2D eigenvalue weighted by atomic mass is 10.1. The van der Waals surface area contributed by atoms with Crippen molar-refractivity contribution < 1.29 is 22.7 Å². The zero-order valence-corrected chi connectivity index (χ0v) is 13.4. The van der Waals surface area contributed by atoms with Crippen molar-refractivity contribution in [1.82, 2.24) is 9.78 Å². The van der Waals surface area contributed by atoms with Crippen molar-refractivity contribution in [2.24, 2.45) is 0 Å². The molecule has 2 heterocycles. The maximum Gasteiger partial charge on any atom is 0.416 e. The van der Waals surface area contributed by atoms with E-state index < -0.39 is 17.6 Å². The number of amides is 1. The summed E-state index contributed by atoms with van der Waals surface area (Å²) in [6.45, 7) is 1.36. The summed E-state index contributed by atoms with van der Waals surface area (Å²) in [6.07, 6.45) is 2.06. The molecule has 0 unspecified atom stereocenters. The Kier molecular flexibility index (Phi) is 5.08. The Morgan fingerprint density at radius 2 is 2.04 bits per heavy atom. The number of nitrogens with zero attached hydrogens (tertiary/aromatic N) is 2. The number of anilines is 1. The number of halogens is 3. The van der Waals surface area contributed by atoms with Crippen LogP contribution in [0.3, 0.4) is 0 Å². The average Bonchev–Trinajstić information content (AvgIpc) is 3.02. The van der Waals surface area contributed by atoms with Crippen LogP contribution in [-0.4, -0.2) is 28.4 Å². The van der Waals surface area contributed by atoms with E-state index in [2.05, 4.69) is 10.4 Å². The van der Waals surface area contributed by atoms with E-state index in [0.717, 1.165) is 50.1 Å². The summed E-state index contributed by atoms with van der Waals surface area (Å²) in [5.74, 6) is -0.484. The highest BCUT2D eigenvalue weighted by Crippen LogP contribution is 2.29. The molecule has 25 heavy (non-hydrogen) atoms. The van der Waals surface area contributed by atoms with Gasteiger partial charge >= 0.3 is 6.18 Å². The van der Waals surface area contributed by atoms with Crippen LogP contribution in [0.15, 0.2) is 36.7 Å². The molecule has 1 fully saturated rings. The maximum absolute atomic E-state index is 12.5. The van der Waals surface area contributed by atoms with Crippen molar-refractivity contribution in [3.8, 4) is 0 Å². The summed E-state index contributed by atoms with van der Waals surface area (Å²) >= 11 is 0. The summed E-state index contributed by atoms with van der Waals surface area (Å²) in [4.78, 5) is 12.1. The van der Waals surface area contributed by atoms with Gasteiger partial charge in [0.05, 0.1) is 30.1 Å². The lowest BCUT2D eigenvalue weighted by Gasteiger charge is -2.22. The number of hydrogen-bond acceptors (Lipinski definition) is 3. The fraction of sp³-hybridized carbons (Fsp3) is 0.412. The molecular formula is C17H18F3N3O2. The molecule has 3 rings (SSSR count). The first-order valence-electron chi connectivity index (χ1n) is 8.04. The number of carbonyl (C=O) groups is 1. The third kappa shape index (κ3) is 4.60. The zero-order chi connectivity index (χ0) is 17.9. The standard InChI is InChI=1S/C17H18F3N3O2/c18-17(19,20)13-6-4-12(5-7-13)16(24)22-14-9-21-23(10-14)11-15-3-1-2-8-25-15/h4-7,9-10,15H,1-3,8,11H2,(H,22,24)/t15-/m1/s1. The second kappa shape index (κ2) is 7.26. The first-order valence-corrected chi connectivity index (χ1v) is 8.04. The van der Waals surface area contributed by atoms with Crippen LogP contribution in [-0.2, 0) is 17.5 Å². The maximum atomic E-state index is 12.5. The molecule has 1 atom stereocenters. The summed E-state index contributed by atoms with van der Waals surface area (Å²) in [5, 5.41) is 6.81. The summed E-state index contributed by atoms with van der Waals surface area (Å²) in [6, 6.07) is 4.08. The van der Waals surface area contributed by atoms with E-state index in [1.807, 2.05) is 0 Å². The number of carbonyl (C=O) groups excluding carboxylic acids is 1. The molecule has 8 heteroatoms. The third-order valence-corrected chi connectivity index (χ3v) is 4.03. The predicted molar refractivity (Wildman–Crippen MR) is 85.2 cm³/mol. The van der Waals surface area contributed by atoms with Gasteiger partial charge in [-0.05, 0) is 43.5 Å². The number of rotatable bonds is 4. The van der Waals surface area contributed by atoms with Gasteiger partial charge in [0.2, 0.25) is 0 Å². The van der Waals surface area contributed by atoms with E-state index in [4.69, 9.17) is 4.74 Å². The molecular weight excluding hydrogens is 335 g/mol. The summed E-state index contributed by atoms with van der Waals surface area (Å²) < 4.78 is 45.0. The molecule has 1 aliphatic heterocycles. The Hall–Kier alpha value is -2.35. The number of benzene rings is 1. The number of aromatic nitrogens is 2. The molecule has 0 bridgehead atoms. The molecule has 0 aliphatic carbocycles. The van der Waals surface area contributed by atoms with Gasteiger partial charge in [-0.3, -0.25) is 9.48 Å². The van der Waals surface area contributed by atoms with Crippen LogP contribution in [0.1, 0.15) is 35.2 Å². The monoisotopic (exact) mass is 353 g/mol. The average molecular weight is 353 g/mol. The van der Waals surface area contributed by atoms with Gasteiger partial charge in [-0.25, -0.2) is 0 Å². The van der Waals surface area contributed by atoms with Crippen LogP contribution in [0.25, 0.3) is 0 Å². The lowest BCUT2D eigenvalue weighted by Crippen LogP contribution is -2.24. The summed E-state index contributed by atoms with van der Waals surface area (Å²) in [7, 11) is 0. The molecule has 1 aliphatic rings. The van der Waals surface area contributed by atoms with E-state index >= 15 is 0 Å². The first-order chi connectivity index (χ1) is 11.9. The Bertz CT molecular complexity index is 719. The third-order valence-electron chi connectivity index (χ3n) is 4.03. The molecule has 2 aromatic rings. The van der Waals surface area contributed by atoms with Crippen LogP contribution < -0.4 is 5.32 Å². The second-order valence-electron chi connectivity index (χ2n) is 5.97. The van der Waals surface area contributed by atoms with Gasteiger partial charge in [0.15, 0.2) is 0 Å². The van der Waals surface area contributed by atoms with Crippen LogP contribution in [0.5, 0.6) is 0 Å². The van der Waals surface area contributed by atoms with Crippen molar-refractivity contribution in [3.05, 3.63) is 47.8 Å². The lowest BCUT2D eigenvalue weighted by molar-refractivity contribution is -0.137. The number of hydrogen-bond donors (Lipinski definition) is 1. The van der Waals surface area contributed by atoms with Gasteiger partial charge < -0.3 is 10.1 Å². The van der Waals surface area contributed by atoms with Crippen molar-refractivity contribution in [2.75, 3.05) is 11.9 Å². The molecule has 1 N–H and O–H groups in total. The van der Waals surface area contributed by atoms with Crippen LogP contribution in [0, 0.1) is 0 Å². The van der Waals surface area contributed by atoms with E-state index in [1.54, 1.807) is 10.9 Å². The van der Waals surface area contributed by atoms with Crippen LogP contribution in [0.2, 0.25) is 0 Å². The van der Waals surface area contributed by atoms with Gasteiger partial charge in [-0.2, -0.15) is 18.3 Å².